The molecule has 110 valence electrons. The van der Waals surface area contributed by atoms with Gasteiger partial charge < -0.3 is 10.1 Å². The summed E-state index contributed by atoms with van der Waals surface area (Å²) in [5.74, 6) is -0.0684. The van der Waals surface area contributed by atoms with E-state index < -0.39 is 0 Å². The normalized spacial score (nSPS) is 14.2. The highest BCUT2D eigenvalue weighted by Gasteiger charge is 2.20. The molecule has 4 heteroatoms. The summed E-state index contributed by atoms with van der Waals surface area (Å²) in [6.07, 6.45) is 2.53. The van der Waals surface area contributed by atoms with E-state index in [-0.39, 0.29) is 11.6 Å². The third-order valence-electron chi connectivity index (χ3n) is 3.55. The van der Waals surface area contributed by atoms with Crippen LogP contribution in [0.2, 0.25) is 0 Å². The molecule has 2 aromatic carbocycles. The molecule has 1 saturated carbocycles. The van der Waals surface area contributed by atoms with Crippen molar-refractivity contribution in [3.8, 4) is 5.75 Å². The van der Waals surface area contributed by atoms with E-state index in [1.807, 2.05) is 18.2 Å². The fourth-order valence-electron chi connectivity index (χ4n) is 2.16. The van der Waals surface area contributed by atoms with Crippen molar-refractivity contribution in [2.75, 3.05) is 0 Å². The lowest BCUT2D eigenvalue weighted by atomic mass is 10.1. The number of halogens is 2. The van der Waals surface area contributed by atoms with Crippen molar-refractivity contribution in [2.24, 2.45) is 0 Å². The fourth-order valence-corrected chi connectivity index (χ4v) is 2.50. The summed E-state index contributed by atoms with van der Waals surface area (Å²) in [4.78, 5) is 0. The van der Waals surface area contributed by atoms with E-state index in [1.165, 1.54) is 24.5 Å². The Morgan fingerprint density at radius 2 is 1.90 bits per heavy atom. The summed E-state index contributed by atoms with van der Waals surface area (Å²) in [5, 5.41) is 3.49. The van der Waals surface area contributed by atoms with Gasteiger partial charge in [-0.05, 0) is 42.2 Å². The van der Waals surface area contributed by atoms with Crippen LogP contribution in [0.5, 0.6) is 5.75 Å². The van der Waals surface area contributed by atoms with Gasteiger partial charge in [0.2, 0.25) is 0 Å². The molecule has 0 aromatic heterocycles. The van der Waals surface area contributed by atoms with E-state index in [0.29, 0.717) is 12.6 Å². The van der Waals surface area contributed by atoms with Crippen molar-refractivity contribution in [3.63, 3.8) is 0 Å². The molecule has 2 nitrogen and oxygen atoms in total. The van der Waals surface area contributed by atoms with Crippen LogP contribution in [-0.2, 0) is 13.2 Å². The van der Waals surface area contributed by atoms with Gasteiger partial charge in [0.25, 0.3) is 0 Å². The standard InChI is InChI=1S/C17H17BrFNO/c18-14-5-8-16(19)17(9-14)21-11-13-4-2-1-3-12(13)10-20-15-6-7-15/h1-5,8-9,15,20H,6-7,10-11H2. The average molecular weight is 350 g/mol. The fraction of sp³-hybridized carbons (Fsp3) is 0.294. The predicted molar refractivity (Wildman–Crippen MR) is 84.7 cm³/mol. The van der Waals surface area contributed by atoms with Crippen LogP contribution in [0.25, 0.3) is 0 Å². The van der Waals surface area contributed by atoms with Crippen molar-refractivity contribution < 1.29 is 9.13 Å². The van der Waals surface area contributed by atoms with Gasteiger partial charge in [-0.25, -0.2) is 4.39 Å². The van der Waals surface area contributed by atoms with Crippen LogP contribution in [0, 0.1) is 5.82 Å². The summed E-state index contributed by atoms with van der Waals surface area (Å²) in [6, 6.07) is 13.5. The predicted octanol–water partition coefficient (Wildman–Crippen LogP) is 4.42. The maximum Gasteiger partial charge on any atom is 0.165 e. The first kappa shape index (κ1) is 14.5. The van der Waals surface area contributed by atoms with Gasteiger partial charge >= 0.3 is 0 Å². The molecule has 0 aliphatic heterocycles. The lowest BCUT2D eigenvalue weighted by Gasteiger charge is -2.12. The minimum Gasteiger partial charge on any atom is -0.486 e. The van der Waals surface area contributed by atoms with E-state index in [9.17, 15) is 4.39 Å². The molecule has 1 fully saturated rings. The second-order valence-electron chi connectivity index (χ2n) is 5.29. The summed E-state index contributed by atoms with van der Waals surface area (Å²) in [5.41, 5.74) is 2.30. The molecule has 0 radical (unpaired) electrons. The first-order valence-electron chi connectivity index (χ1n) is 7.10. The van der Waals surface area contributed by atoms with Crippen LogP contribution in [0.1, 0.15) is 24.0 Å². The molecular formula is C17H17BrFNO. The zero-order valence-electron chi connectivity index (χ0n) is 11.6. The Bertz CT molecular complexity index is 628. The molecule has 3 rings (SSSR count). The maximum absolute atomic E-state index is 13.7. The van der Waals surface area contributed by atoms with E-state index in [2.05, 4.69) is 27.3 Å². The summed E-state index contributed by atoms with van der Waals surface area (Å²) in [7, 11) is 0. The third-order valence-corrected chi connectivity index (χ3v) is 4.05. The lowest BCUT2D eigenvalue weighted by Crippen LogP contribution is -2.17. The summed E-state index contributed by atoms with van der Waals surface area (Å²) < 4.78 is 20.1. The molecular weight excluding hydrogens is 333 g/mol. The van der Waals surface area contributed by atoms with Crippen molar-refractivity contribution >= 4 is 15.9 Å². The first-order chi connectivity index (χ1) is 10.2. The quantitative estimate of drug-likeness (QED) is 0.833. The largest absolute Gasteiger partial charge is 0.486 e. The van der Waals surface area contributed by atoms with E-state index in [1.54, 1.807) is 12.1 Å². The Kier molecular flexibility index (Phi) is 4.56. The molecule has 0 heterocycles. The SMILES string of the molecule is Fc1ccc(Br)cc1OCc1ccccc1CNC1CC1. The first-order valence-corrected chi connectivity index (χ1v) is 7.89. The molecule has 21 heavy (non-hydrogen) atoms. The number of hydrogen-bond donors (Lipinski definition) is 1. The molecule has 0 amide bonds. The summed E-state index contributed by atoms with van der Waals surface area (Å²) in [6.45, 7) is 1.21. The van der Waals surface area contributed by atoms with Crippen LogP contribution in [0.3, 0.4) is 0 Å². The minimum atomic E-state index is -0.341. The molecule has 2 aromatic rings. The van der Waals surface area contributed by atoms with Gasteiger partial charge in [0.1, 0.15) is 6.61 Å². The van der Waals surface area contributed by atoms with Gasteiger partial charge in [-0.3, -0.25) is 0 Å². The molecule has 1 aliphatic rings. The lowest BCUT2D eigenvalue weighted by molar-refractivity contribution is 0.288. The highest BCUT2D eigenvalue weighted by molar-refractivity contribution is 9.10. The van der Waals surface area contributed by atoms with Crippen molar-refractivity contribution in [2.45, 2.75) is 32.0 Å². The van der Waals surface area contributed by atoms with Gasteiger partial charge in [-0.2, -0.15) is 0 Å². The number of benzene rings is 2. The Morgan fingerprint density at radius 3 is 2.67 bits per heavy atom. The third kappa shape index (κ3) is 4.05. The smallest absolute Gasteiger partial charge is 0.165 e. The zero-order valence-corrected chi connectivity index (χ0v) is 13.2. The van der Waals surface area contributed by atoms with Crippen molar-refractivity contribution in [3.05, 3.63) is 63.9 Å². The average Bonchev–Trinajstić information content (AvgIpc) is 3.31. The molecule has 1 aliphatic carbocycles. The minimum absolute atomic E-state index is 0.273. The van der Waals surface area contributed by atoms with E-state index in [0.717, 1.165) is 16.6 Å². The molecule has 0 bridgehead atoms. The molecule has 0 unspecified atom stereocenters. The zero-order chi connectivity index (χ0) is 14.7. The highest BCUT2D eigenvalue weighted by Crippen LogP contribution is 2.24. The maximum atomic E-state index is 13.7. The summed E-state index contributed by atoms with van der Waals surface area (Å²) >= 11 is 3.33. The van der Waals surface area contributed by atoms with Gasteiger partial charge in [-0.15, -0.1) is 0 Å². The number of ether oxygens (including phenoxy) is 1. The van der Waals surface area contributed by atoms with Crippen LogP contribution in [0.15, 0.2) is 46.9 Å². The number of rotatable bonds is 6. The van der Waals surface area contributed by atoms with Crippen LogP contribution < -0.4 is 10.1 Å². The van der Waals surface area contributed by atoms with Crippen LogP contribution >= 0.6 is 15.9 Å². The van der Waals surface area contributed by atoms with E-state index in [4.69, 9.17) is 4.74 Å². The second kappa shape index (κ2) is 6.58. The Labute approximate surface area is 132 Å². The number of hydrogen-bond acceptors (Lipinski definition) is 2. The van der Waals surface area contributed by atoms with Gasteiger partial charge in [0, 0.05) is 17.1 Å². The Hall–Kier alpha value is -1.39. The van der Waals surface area contributed by atoms with Crippen molar-refractivity contribution in [1.82, 2.24) is 5.32 Å². The van der Waals surface area contributed by atoms with Crippen molar-refractivity contribution in [1.29, 1.82) is 0 Å². The van der Waals surface area contributed by atoms with Crippen LogP contribution in [-0.4, -0.2) is 6.04 Å². The second-order valence-corrected chi connectivity index (χ2v) is 6.20. The highest BCUT2D eigenvalue weighted by atomic mass is 79.9. The molecule has 0 atom stereocenters. The van der Waals surface area contributed by atoms with Gasteiger partial charge in [0.15, 0.2) is 11.6 Å². The molecule has 0 saturated heterocycles. The molecule has 0 spiro atoms. The molecule has 1 N–H and O–H groups in total. The monoisotopic (exact) mass is 349 g/mol. The Balaban J connectivity index is 1.67. The van der Waals surface area contributed by atoms with Gasteiger partial charge in [-0.1, -0.05) is 40.2 Å². The van der Waals surface area contributed by atoms with E-state index >= 15 is 0 Å². The number of nitrogens with one attached hydrogen (secondary N) is 1. The Morgan fingerprint density at radius 1 is 1.14 bits per heavy atom. The van der Waals surface area contributed by atoms with Crippen LogP contribution in [0.4, 0.5) is 4.39 Å². The van der Waals surface area contributed by atoms with Gasteiger partial charge in [0.05, 0.1) is 0 Å². The topological polar surface area (TPSA) is 21.3 Å².